The van der Waals surface area contributed by atoms with Crippen molar-refractivity contribution in [1.29, 1.82) is 0 Å². The van der Waals surface area contributed by atoms with Crippen LogP contribution in [0.25, 0.3) is 83.6 Å². The van der Waals surface area contributed by atoms with Crippen molar-refractivity contribution >= 4 is 21.8 Å². The fraction of sp³-hybridized carbons (Fsp3) is 0.115. The van der Waals surface area contributed by atoms with E-state index in [0.717, 1.165) is 39.6 Å². The van der Waals surface area contributed by atoms with Gasteiger partial charge in [0, 0.05) is 44.0 Å². The van der Waals surface area contributed by atoms with E-state index in [4.69, 9.17) is 9.97 Å². The predicted octanol–water partition coefficient (Wildman–Crippen LogP) is 13.2. The molecule has 11 rings (SSSR count). The van der Waals surface area contributed by atoms with Crippen molar-refractivity contribution in [2.45, 2.75) is 38.5 Å². The maximum absolute atomic E-state index is 5.12. The Labute approximate surface area is 321 Å². The van der Waals surface area contributed by atoms with E-state index in [0.29, 0.717) is 0 Å². The summed E-state index contributed by atoms with van der Waals surface area (Å²) in [5.41, 5.74) is 19.2. The van der Waals surface area contributed by atoms with Crippen molar-refractivity contribution in [1.82, 2.24) is 14.5 Å². The average molecular weight is 706 g/mol. The van der Waals surface area contributed by atoms with Gasteiger partial charge in [-0.25, -0.2) is 9.97 Å². The Bertz CT molecular complexity index is 2950. The summed E-state index contributed by atoms with van der Waals surface area (Å²) in [5, 5.41) is 2.58. The molecule has 0 bridgehead atoms. The van der Waals surface area contributed by atoms with E-state index in [-0.39, 0.29) is 10.8 Å². The molecule has 2 heterocycles. The van der Waals surface area contributed by atoms with Crippen LogP contribution in [0.5, 0.6) is 0 Å². The molecule has 9 aromatic rings. The van der Waals surface area contributed by atoms with Crippen LogP contribution in [0, 0.1) is 0 Å². The molecular formula is C52H39N3. The zero-order valence-corrected chi connectivity index (χ0v) is 31.4. The van der Waals surface area contributed by atoms with Gasteiger partial charge in [0.15, 0.2) is 5.82 Å². The summed E-state index contributed by atoms with van der Waals surface area (Å²) >= 11 is 0. The van der Waals surface area contributed by atoms with Gasteiger partial charge in [0.25, 0.3) is 0 Å². The number of hydrogen-bond acceptors (Lipinski definition) is 2. The number of benzene rings is 7. The van der Waals surface area contributed by atoms with Crippen molar-refractivity contribution < 1.29 is 0 Å². The first-order chi connectivity index (χ1) is 26.8. The van der Waals surface area contributed by atoms with Crippen molar-refractivity contribution in [2.75, 3.05) is 0 Å². The first-order valence-corrected chi connectivity index (χ1v) is 19.2. The van der Waals surface area contributed by atoms with E-state index in [1.165, 1.54) is 66.3 Å². The van der Waals surface area contributed by atoms with E-state index >= 15 is 0 Å². The summed E-state index contributed by atoms with van der Waals surface area (Å²) < 4.78 is 2.49. The number of hydrogen-bond donors (Lipinski definition) is 0. The van der Waals surface area contributed by atoms with Gasteiger partial charge >= 0.3 is 0 Å². The molecule has 0 spiro atoms. The third-order valence-corrected chi connectivity index (χ3v) is 12.4. The van der Waals surface area contributed by atoms with Crippen LogP contribution >= 0.6 is 0 Å². The molecule has 3 nitrogen and oxygen atoms in total. The van der Waals surface area contributed by atoms with Gasteiger partial charge in [-0.15, -0.1) is 0 Å². The molecular weight excluding hydrogens is 667 g/mol. The third-order valence-electron chi connectivity index (χ3n) is 12.4. The molecule has 0 N–H and O–H groups in total. The molecule has 0 saturated heterocycles. The minimum absolute atomic E-state index is 0.0870. The Morgan fingerprint density at radius 1 is 0.382 bits per heavy atom. The van der Waals surface area contributed by atoms with Crippen LogP contribution in [0.15, 0.2) is 164 Å². The zero-order chi connectivity index (χ0) is 37.1. The van der Waals surface area contributed by atoms with Gasteiger partial charge in [-0.3, -0.25) is 0 Å². The van der Waals surface area contributed by atoms with Crippen molar-refractivity contribution in [3.63, 3.8) is 0 Å². The number of nitrogens with zero attached hydrogens (tertiary/aromatic N) is 3. The van der Waals surface area contributed by atoms with Crippen LogP contribution in [-0.2, 0) is 10.8 Å². The quantitative estimate of drug-likeness (QED) is 0.182. The van der Waals surface area contributed by atoms with Gasteiger partial charge in [-0.05, 0) is 87.0 Å². The first-order valence-electron chi connectivity index (χ1n) is 19.2. The third kappa shape index (κ3) is 4.63. The largest absolute Gasteiger partial charge is 0.309 e. The summed E-state index contributed by atoms with van der Waals surface area (Å²) in [6, 6.07) is 59.5. The smallest absolute Gasteiger partial charge is 0.160 e. The highest BCUT2D eigenvalue weighted by Gasteiger charge is 2.38. The van der Waals surface area contributed by atoms with E-state index in [9.17, 15) is 0 Å². The topological polar surface area (TPSA) is 30.7 Å². The molecule has 262 valence electrons. The second-order valence-electron chi connectivity index (χ2n) is 16.2. The van der Waals surface area contributed by atoms with Gasteiger partial charge < -0.3 is 4.57 Å². The van der Waals surface area contributed by atoms with E-state index in [2.05, 4.69) is 172 Å². The van der Waals surface area contributed by atoms with Crippen LogP contribution in [0.3, 0.4) is 0 Å². The summed E-state index contributed by atoms with van der Waals surface area (Å²) in [5.74, 6) is 0.720. The SMILES string of the molecule is CC1(C)c2ccccc2-c2cc3c(cc21)c1cc2c(cc1n3-c1ccc(-c3cc(-c4ccccc4)nc(-c4ccccc4)n3)cc1)C(C)(C)c1ccccc1-2. The van der Waals surface area contributed by atoms with Gasteiger partial charge in [0.1, 0.15) is 0 Å². The normalized spacial score (nSPS) is 14.5. The minimum Gasteiger partial charge on any atom is -0.309 e. The summed E-state index contributed by atoms with van der Waals surface area (Å²) in [6.07, 6.45) is 0. The zero-order valence-electron chi connectivity index (χ0n) is 31.4. The molecule has 2 aliphatic carbocycles. The van der Waals surface area contributed by atoms with E-state index in [1.54, 1.807) is 0 Å². The Hall–Kier alpha value is -6.58. The molecule has 3 heteroatoms. The van der Waals surface area contributed by atoms with Gasteiger partial charge in [-0.1, -0.05) is 149 Å². The van der Waals surface area contributed by atoms with E-state index < -0.39 is 0 Å². The summed E-state index contributed by atoms with van der Waals surface area (Å²) in [4.78, 5) is 10.1. The maximum atomic E-state index is 5.12. The minimum atomic E-state index is -0.103. The molecule has 0 radical (unpaired) electrons. The molecule has 2 aromatic heterocycles. The molecule has 0 unspecified atom stereocenters. The standard InChI is InChI=1S/C52H39N3/c1-51(2)43-22-14-12-20-37(43)39-29-48-41(28-44(39)51)40-27-38-36-19-11-13-21-42(36)52(3,4)45(38)30-49(40)55(48)35-25-23-33(24-26-35)47-31-46(32-15-7-5-8-16-32)53-50(54-47)34-17-9-6-10-18-34/h5-31H,1-4H3. The van der Waals surface area contributed by atoms with Gasteiger partial charge in [0.2, 0.25) is 0 Å². The summed E-state index contributed by atoms with van der Waals surface area (Å²) in [7, 11) is 0. The Morgan fingerprint density at radius 3 is 1.47 bits per heavy atom. The Morgan fingerprint density at radius 2 is 0.855 bits per heavy atom. The first kappa shape index (κ1) is 31.9. The average Bonchev–Trinajstić information content (AvgIpc) is 3.76. The van der Waals surface area contributed by atoms with Crippen LogP contribution in [0.4, 0.5) is 0 Å². The van der Waals surface area contributed by atoms with Gasteiger partial charge in [0.05, 0.1) is 22.4 Å². The molecule has 7 aromatic carbocycles. The van der Waals surface area contributed by atoms with Crippen LogP contribution in [-0.4, -0.2) is 14.5 Å². The lowest BCUT2D eigenvalue weighted by molar-refractivity contribution is 0.661. The second kappa shape index (κ2) is 11.5. The van der Waals surface area contributed by atoms with Crippen molar-refractivity contribution in [3.8, 4) is 61.8 Å². The molecule has 0 amide bonds. The van der Waals surface area contributed by atoms with E-state index in [1.807, 2.05) is 24.3 Å². The highest BCUT2D eigenvalue weighted by Crippen LogP contribution is 2.54. The lowest BCUT2D eigenvalue weighted by Gasteiger charge is -2.21. The highest BCUT2D eigenvalue weighted by atomic mass is 15.0. The monoisotopic (exact) mass is 705 g/mol. The Kier molecular flexibility index (Phi) is 6.65. The Balaban J connectivity index is 1.13. The maximum Gasteiger partial charge on any atom is 0.160 e. The molecule has 0 saturated carbocycles. The highest BCUT2D eigenvalue weighted by molar-refractivity contribution is 6.13. The van der Waals surface area contributed by atoms with Crippen molar-refractivity contribution in [2.24, 2.45) is 0 Å². The molecule has 0 aliphatic heterocycles. The fourth-order valence-electron chi connectivity index (χ4n) is 9.53. The lowest BCUT2D eigenvalue weighted by atomic mass is 9.81. The number of aromatic nitrogens is 3. The lowest BCUT2D eigenvalue weighted by Crippen LogP contribution is -2.14. The van der Waals surface area contributed by atoms with Crippen LogP contribution < -0.4 is 0 Å². The molecule has 2 aliphatic rings. The second-order valence-corrected chi connectivity index (χ2v) is 16.2. The van der Waals surface area contributed by atoms with Crippen LogP contribution in [0.2, 0.25) is 0 Å². The molecule has 0 atom stereocenters. The fourth-order valence-corrected chi connectivity index (χ4v) is 9.53. The van der Waals surface area contributed by atoms with Crippen molar-refractivity contribution in [3.05, 3.63) is 186 Å². The molecule has 0 fully saturated rings. The number of rotatable bonds is 4. The van der Waals surface area contributed by atoms with Crippen LogP contribution in [0.1, 0.15) is 49.9 Å². The number of fused-ring (bicyclic) bond motifs is 9. The van der Waals surface area contributed by atoms with Gasteiger partial charge in [-0.2, -0.15) is 0 Å². The summed E-state index contributed by atoms with van der Waals surface area (Å²) in [6.45, 7) is 9.48. The predicted molar refractivity (Wildman–Crippen MR) is 228 cm³/mol. The molecule has 55 heavy (non-hydrogen) atoms.